The molecule has 0 aliphatic heterocycles. The molecule has 2 rings (SSSR count). The van der Waals surface area contributed by atoms with E-state index < -0.39 is 17.5 Å². The van der Waals surface area contributed by atoms with Crippen molar-refractivity contribution in [3.8, 4) is 0 Å². The Labute approximate surface area is 109 Å². The molecule has 0 fully saturated rings. The van der Waals surface area contributed by atoms with E-state index in [0.717, 1.165) is 17.7 Å². The molecule has 19 heavy (non-hydrogen) atoms. The van der Waals surface area contributed by atoms with E-state index >= 15 is 0 Å². The van der Waals surface area contributed by atoms with E-state index in [1.54, 1.807) is 0 Å². The van der Waals surface area contributed by atoms with Gasteiger partial charge in [-0.2, -0.15) is 0 Å². The molecule has 0 aromatic heterocycles. The summed E-state index contributed by atoms with van der Waals surface area (Å²) < 4.78 is 38.9. The smallest absolute Gasteiger partial charge is 0.194 e. The highest BCUT2D eigenvalue weighted by Gasteiger charge is 2.12. The van der Waals surface area contributed by atoms with Gasteiger partial charge in [0.1, 0.15) is 0 Å². The van der Waals surface area contributed by atoms with Gasteiger partial charge in [-0.05, 0) is 36.1 Å². The molecule has 2 aromatic carbocycles. The Kier molecular flexibility index (Phi) is 4.22. The summed E-state index contributed by atoms with van der Waals surface area (Å²) in [4.78, 5) is 0. The summed E-state index contributed by atoms with van der Waals surface area (Å²) in [5, 5.41) is 0. The van der Waals surface area contributed by atoms with Crippen LogP contribution in [0, 0.1) is 17.5 Å². The molecular formula is C15H14F3N. The zero-order chi connectivity index (χ0) is 13.8. The van der Waals surface area contributed by atoms with Gasteiger partial charge in [0, 0.05) is 6.04 Å². The quantitative estimate of drug-likeness (QED) is 0.844. The van der Waals surface area contributed by atoms with Crippen LogP contribution in [0.5, 0.6) is 0 Å². The second-order valence-electron chi connectivity index (χ2n) is 4.53. The first-order valence-electron chi connectivity index (χ1n) is 5.99. The average molecular weight is 265 g/mol. The van der Waals surface area contributed by atoms with Crippen molar-refractivity contribution in [2.45, 2.75) is 18.9 Å². The maximum atomic E-state index is 13.1. The number of nitrogens with two attached hydrogens (primary N) is 1. The minimum absolute atomic E-state index is 0.272. The lowest BCUT2D eigenvalue weighted by molar-refractivity contribution is 0.444. The van der Waals surface area contributed by atoms with E-state index in [0.29, 0.717) is 18.4 Å². The third-order valence-electron chi connectivity index (χ3n) is 2.88. The summed E-state index contributed by atoms with van der Waals surface area (Å²) >= 11 is 0. The van der Waals surface area contributed by atoms with Gasteiger partial charge in [0.2, 0.25) is 0 Å². The van der Waals surface area contributed by atoms with E-state index in [1.165, 1.54) is 0 Å². The fourth-order valence-corrected chi connectivity index (χ4v) is 2.02. The topological polar surface area (TPSA) is 26.0 Å². The minimum atomic E-state index is -1.44. The Balaban J connectivity index is 2.05. The molecule has 0 spiro atoms. The predicted molar refractivity (Wildman–Crippen MR) is 68.1 cm³/mol. The fourth-order valence-electron chi connectivity index (χ4n) is 2.02. The van der Waals surface area contributed by atoms with Crippen LogP contribution in [-0.2, 0) is 12.8 Å². The first kappa shape index (κ1) is 13.6. The van der Waals surface area contributed by atoms with E-state index in [-0.39, 0.29) is 6.04 Å². The number of hydrogen-bond donors (Lipinski definition) is 1. The normalized spacial score (nSPS) is 12.4. The summed E-state index contributed by atoms with van der Waals surface area (Å²) in [5.74, 6) is -3.80. The van der Waals surface area contributed by atoms with Gasteiger partial charge >= 0.3 is 0 Å². The molecule has 100 valence electrons. The number of rotatable bonds is 4. The molecule has 4 heteroatoms. The number of benzene rings is 2. The second kappa shape index (κ2) is 5.89. The summed E-state index contributed by atoms with van der Waals surface area (Å²) in [5.41, 5.74) is 7.35. The molecule has 0 saturated heterocycles. The lowest BCUT2D eigenvalue weighted by Crippen LogP contribution is -2.25. The molecule has 1 atom stereocenters. The van der Waals surface area contributed by atoms with Gasteiger partial charge in [-0.25, -0.2) is 13.2 Å². The van der Waals surface area contributed by atoms with Crippen LogP contribution in [0.4, 0.5) is 13.2 Å². The van der Waals surface area contributed by atoms with Crippen LogP contribution < -0.4 is 5.73 Å². The van der Waals surface area contributed by atoms with Crippen LogP contribution in [0.1, 0.15) is 11.1 Å². The van der Waals surface area contributed by atoms with Gasteiger partial charge in [0.05, 0.1) is 0 Å². The van der Waals surface area contributed by atoms with Crippen LogP contribution in [0.25, 0.3) is 0 Å². The maximum absolute atomic E-state index is 13.1. The Hall–Kier alpha value is -1.81. The van der Waals surface area contributed by atoms with Gasteiger partial charge < -0.3 is 5.73 Å². The SMILES string of the molecule is NC(Cc1ccccc1)Cc1cc(F)c(F)c(F)c1. The largest absolute Gasteiger partial charge is 0.327 e. The van der Waals surface area contributed by atoms with E-state index in [2.05, 4.69) is 0 Å². The van der Waals surface area contributed by atoms with Crippen LogP contribution in [0.3, 0.4) is 0 Å². The van der Waals surface area contributed by atoms with Crippen molar-refractivity contribution in [2.24, 2.45) is 5.73 Å². The molecular weight excluding hydrogens is 251 g/mol. The van der Waals surface area contributed by atoms with Crippen molar-refractivity contribution < 1.29 is 13.2 Å². The number of hydrogen-bond acceptors (Lipinski definition) is 1. The molecule has 2 aromatic rings. The van der Waals surface area contributed by atoms with Crippen molar-refractivity contribution in [1.29, 1.82) is 0 Å². The lowest BCUT2D eigenvalue weighted by atomic mass is 9.99. The van der Waals surface area contributed by atoms with Gasteiger partial charge in [-0.1, -0.05) is 30.3 Å². The fraction of sp³-hybridized carbons (Fsp3) is 0.200. The second-order valence-corrected chi connectivity index (χ2v) is 4.53. The summed E-state index contributed by atoms with van der Waals surface area (Å²) in [7, 11) is 0. The van der Waals surface area contributed by atoms with Crippen molar-refractivity contribution in [3.63, 3.8) is 0 Å². The van der Waals surface area contributed by atoms with Gasteiger partial charge in [-0.3, -0.25) is 0 Å². The monoisotopic (exact) mass is 265 g/mol. The predicted octanol–water partition coefficient (Wildman–Crippen LogP) is 3.22. The molecule has 1 nitrogen and oxygen atoms in total. The molecule has 0 saturated carbocycles. The Bertz CT molecular complexity index is 532. The summed E-state index contributed by atoms with van der Waals surface area (Å²) in [6, 6.07) is 11.3. The van der Waals surface area contributed by atoms with Crippen molar-refractivity contribution in [3.05, 3.63) is 71.0 Å². The van der Waals surface area contributed by atoms with Crippen LogP contribution in [-0.4, -0.2) is 6.04 Å². The third kappa shape index (κ3) is 3.58. The van der Waals surface area contributed by atoms with Crippen LogP contribution in [0.15, 0.2) is 42.5 Å². The van der Waals surface area contributed by atoms with Gasteiger partial charge in [-0.15, -0.1) is 0 Å². The van der Waals surface area contributed by atoms with Gasteiger partial charge in [0.15, 0.2) is 17.5 Å². The summed E-state index contributed by atoms with van der Waals surface area (Å²) in [6.07, 6.45) is 0.893. The van der Waals surface area contributed by atoms with Gasteiger partial charge in [0.25, 0.3) is 0 Å². The number of halogens is 3. The minimum Gasteiger partial charge on any atom is -0.327 e. The molecule has 1 unspecified atom stereocenters. The third-order valence-corrected chi connectivity index (χ3v) is 2.88. The van der Waals surface area contributed by atoms with Crippen molar-refractivity contribution >= 4 is 0 Å². The standard InChI is InChI=1S/C15H14F3N/c16-13-8-11(9-14(17)15(13)18)7-12(19)6-10-4-2-1-3-5-10/h1-5,8-9,12H,6-7,19H2. The zero-order valence-corrected chi connectivity index (χ0v) is 10.2. The van der Waals surface area contributed by atoms with E-state index in [4.69, 9.17) is 5.73 Å². The van der Waals surface area contributed by atoms with Crippen LogP contribution in [0.2, 0.25) is 0 Å². The Morgan fingerprint density at radius 3 is 1.95 bits per heavy atom. The molecule has 2 N–H and O–H groups in total. The Morgan fingerprint density at radius 2 is 1.37 bits per heavy atom. The van der Waals surface area contributed by atoms with Crippen molar-refractivity contribution in [2.75, 3.05) is 0 Å². The summed E-state index contributed by atoms with van der Waals surface area (Å²) in [6.45, 7) is 0. The maximum Gasteiger partial charge on any atom is 0.194 e. The first-order chi connectivity index (χ1) is 9.06. The van der Waals surface area contributed by atoms with E-state index in [9.17, 15) is 13.2 Å². The molecule has 0 amide bonds. The highest BCUT2D eigenvalue weighted by Crippen LogP contribution is 2.15. The zero-order valence-electron chi connectivity index (χ0n) is 10.2. The molecule has 0 bridgehead atoms. The Morgan fingerprint density at radius 1 is 0.842 bits per heavy atom. The average Bonchev–Trinajstić information content (AvgIpc) is 2.37. The molecule has 0 aliphatic carbocycles. The molecule has 0 radical (unpaired) electrons. The molecule has 0 heterocycles. The first-order valence-corrected chi connectivity index (χ1v) is 5.99. The lowest BCUT2D eigenvalue weighted by Gasteiger charge is -2.12. The van der Waals surface area contributed by atoms with Crippen molar-refractivity contribution in [1.82, 2.24) is 0 Å². The molecule has 0 aliphatic rings. The van der Waals surface area contributed by atoms with Crippen LogP contribution >= 0.6 is 0 Å². The highest BCUT2D eigenvalue weighted by molar-refractivity contribution is 5.22. The highest BCUT2D eigenvalue weighted by atomic mass is 19.2. The van der Waals surface area contributed by atoms with E-state index in [1.807, 2.05) is 30.3 Å².